The Balaban J connectivity index is 1.89. The molecule has 2 nitrogen and oxygen atoms in total. The van der Waals surface area contributed by atoms with Crippen LogP contribution in [0.25, 0.3) is 0 Å². The Morgan fingerprint density at radius 3 is 2.60 bits per heavy atom. The van der Waals surface area contributed by atoms with Gasteiger partial charge in [0, 0.05) is 29.2 Å². The van der Waals surface area contributed by atoms with E-state index < -0.39 is 0 Å². The number of nitrogens with one attached hydrogen (secondary N) is 1. The Morgan fingerprint density at radius 2 is 1.95 bits per heavy atom. The molecule has 1 atom stereocenters. The van der Waals surface area contributed by atoms with E-state index in [9.17, 15) is 0 Å². The molecule has 1 saturated heterocycles. The van der Waals surface area contributed by atoms with Gasteiger partial charge in [0.05, 0.1) is 0 Å². The molecule has 0 radical (unpaired) electrons. The molecule has 2 rings (SSSR count). The molecule has 112 valence electrons. The molecule has 0 aliphatic carbocycles. The second-order valence-electron chi connectivity index (χ2n) is 6.08. The Labute approximate surface area is 132 Å². The lowest BCUT2D eigenvalue weighted by molar-refractivity contribution is 0.164. The van der Waals surface area contributed by atoms with E-state index >= 15 is 0 Å². The molecule has 1 fully saturated rings. The predicted molar refractivity (Wildman–Crippen MR) is 87.6 cm³/mol. The van der Waals surface area contributed by atoms with Gasteiger partial charge in [0.2, 0.25) is 0 Å². The van der Waals surface area contributed by atoms with Gasteiger partial charge in [-0.15, -0.1) is 0 Å². The highest BCUT2D eigenvalue weighted by atomic mass is 35.5. The van der Waals surface area contributed by atoms with E-state index in [0.717, 1.165) is 35.6 Å². The zero-order valence-corrected chi connectivity index (χ0v) is 13.8. The molecule has 1 unspecified atom stereocenters. The van der Waals surface area contributed by atoms with Gasteiger partial charge in [-0.3, -0.25) is 4.90 Å². The van der Waals surface area contributed by atoms with Crippen molar-refractivity contribution in [1.29, 1.82) is 0 Å². The van der Waals surface area contributed by atoms with Gasteiger partial charge in [-0.2, -0.15) is 0 Å². The average Bonchev–Trinajstić information content (AvgIpc) is 2.35. The van der Waals surface area contributed by atoms with E-state index in [1.54, 1.807) is 6.07 Å². The molecular weight excluding hydrogens is 291 g/mol. The summed E-state index contributed by atoms with van der Waals surface area (Å²) >= 11 is 12.1. The summed E-state index contributed by atoms with van der Waals surface area (Å²) < 4.78 is 0. The van der Waals surface area contributed by atoms with Crippen LogP contribution in [-0.2, 0) is 6.54 Å². The number of nitrogens with zero attached hydrogens (tertiary/aromatic N) is 1. The quantitative estimate of drug-likeness (QED) is 0.876. The smallest absolute Gasteiger partial charge is 0.0424 e. The van der Waals surface area contributed by atoms with Gasteiger partial charge in [0.1, 0.15) is 0 Å². The highest BCUT2D eigenvalue weighted by molar-refractivity contribution is 6.34. The van der Waals surface area contributed by atoms with E-state index in [-0.39, 0.29) is 0 Å². The monoisotopic (exact) mass is 314 g/mol. The lowest BCUT2D eigenvalue weighted by Crippen LogP contribution is -2.40. The van der Waals surface area contributed by atoms with Crippen LogP contribution in [0.15, 0.2) is 18.2 Å². The average molecular weight is 315 g/mol. The lowest BCUT2D eigenvalue weighted by atomic mass is 9.97. The predicted octanol–water partition coefficient (Wildman–Crippen LogP) is 4.20. The van der Waals surface area contributed by atoms with Crippen molar-refractivity contribution in [3.8, 4) is 0 Å². The van der Waals surface area contributed by atoms with Crippen LogP contribution in [-0.4, -0.2) is 30.6 Å². The fraction of sp³-hybridized carbons (Fsp3) is 0.625. The van der Waals surface area contributed by atoms with Crippen molar-refractivity contribution in [3.05, 3.63) is 33.8 Å². The van der Waals surface area contributed by atoms with Gasteiger partial charge in [-0.25, -0.2) is 0 Å². The number of halogens is 2. The molecule has 0 aromatic heterocycles. The molecule has 4 heteroatoms. The van der Waals surface area contributed by atoms with Crippen LogP contribution in [0.4, 0.5) is 0 Å². The molecule has 1 aliphatic rings. The van der Waals surface area contributed by atoms with E-state index in [1.165, 1.54) is 24.9 Å². The Hall–Kier alpha value is -0.280. The molecular formula is C16H24Cl2N2. The number of likely N-dealkylation sites (tertiary alicyclic amines) is 1. The van der Waals surface area contributed by atoms with Crippen molar-refractivity contribution in [2.75, 3.05) is 19.6 Å². The topological polar surface area (TPSA) is 15.3 Å². The van der Waals surface area contributed by atoms with Crippen LogP contribution in [0.5, 0.6) is 0 Å². The van der Waals surface area contributed by atoms with Crippen molar-refractivity contribution < 1.29 is 0 Å². The largest absolute Gasteiger partial charge is 0.314 e. The van der Waals surface area contributed by atoms with Crippen LogP contribution >= 0.6 is 23.2 Å². The molecule has 1 N–H and O–H groups in total. The first-order chi connectivity index (χ1) is 9.52. The Morgan fingerprint density at radius 1 is 1.25 bits per heavy atom. The minimum absolute atomic E-state index is 0.567. The van der Waals surface area contributed by atoms with Gasteiger partial charge in [0.25, 0.3) is 0 Å². The van der Waals surface area contributed by atoms with Crippen molar-refractivity contribution >= 4 is 23.2 Å². The van der Waals surface area contributed by atoms with E-state index in [4.69, 9.17) is 23.2 Å². The zero-order chi connectivity index (χ0) is 14.5. The summed E-state index contributed by atoms with van der Waals surface area (Å²) in [6.07, 6.45) is 2.60. The maximum Gasteiger partial charge on any atom is 0.0424 e. The first kappa shape index (κ1) is 16.1. The number of rotatable bonds is 5. The fourth-order valence-electron chi connectivity index (χ4n) is 2.82. The van der Waals surface area contributed by atoms with Gasteiger partial charge < -0.3 is 5.32 Å². The Bertz CT molecular complexity index is 414. The molecule has 0 spiro atoms. The molecule has 0 amide bonds. The molecule has 0 saturated carbocycles. The van der Waals surface area contributed by atoms with E-state index in [2.05, 4.69) is 24.1 Å². The third-order valence-electron chi connectivity index (χ3n) is 3.75. The molecule has 1 aromatic rings. The molecule has 20 heavy (non-hydrogen) atoms. The van der Waals surface area contributed by atoms with Gasteiger partial charge >= 0.3 is 0 Å². The SMILES string of the molecule is CC(C)NCC1CCCN(Cc2cc(Cl)cc(Cl)c2)C1. The summed E-state index contributed by atoms with van der Waals surface area (Å²) in [5.74, 6) is 0.751. The van der Waals surface area contributed by atoms with Crippen LogP contribution in [0.2, 0.25) is 10.0 Å². The van der Waals surface area contributed by atoms with Crippen molar-refractivity contribution in [2.24, 2.45) is 5.92 Å². The molecule has 0 bridgehead atoms. The van der Waals surface area contributed by atoms with E-state index in [1.807, 2.05) is 12.1 Å². The summed E-state index contributed by atoms with van der Waals surface area (Å²) in [5, 5.41) is 5.00. The lowest BCUT2D eigenvalue weighted by Gasteiger charge is -2.33. The number of hydrogen-bond donors (Lipinski definition) is 1. The van der Waals surface area contributed by atoms with Crippen LogP contribution in [0.3, 0.4) is 0 Å². The van der Waals surface area contributed by atoms with Crippen LogP contribution in [0.1, 0.15) is 32.3 Å². The second kappa shape index (κ2) is 7.65. The molecule has 1 aliphatic heterocycles. The van der Waals surface area contributed by atoms with Crippen LogP contribution < -0.4 is 5.32 Å². The van der Waals surface area contributed by atoms with Crippen molar-refractivity contribution in [2.45, 2.75) is 39.3 Å². The minimum atomic E-state index is 0.567. The fourth-order valence-corrected chi connectivity index (χ4v) is 3.40. The summed E-state index contributed by atoms with van der Waals surface area (Å²) in [5.41, 5.74) is 1.21. The third-order valence-corrected chi connectivity index (χ3v) is 4.18. The third kappa shape index (κ3) is 5.25. The van der Waals surface area contributed by atoms with Crippen molar-refractivity contribution in [1.82, 2.24) is 10.2 Å². The first-order valence-corrected chi connectivity index (χ1v) is 8.19. The highest BCUT2D eigenvalue weighted by Gasteiger charge is 2.20. The van der Waals surface area contributed by atoms with Crippen molar-refractivity contribution in [3.63, 3.8) is 0 Å². The van der Waals surface area contributed by atoms with Gasteiger partial charge in [-0.05, 0) is 55.6 Å². The normalized spacial score (nSPS) is 20.6. The Kier molecular flexibility index (Phi) is 6.16. The number of piperidine rings is 1. The highest BCUT2D eigenvalue weighted by Crippen LogP contribution is 2.22. The molecule has 1 heterocycles. The summed E-state index contributed by atoms with van der Waals surface area (Å²) in [6, 6.07) is 6.39. The van der Waals surface area contributed by atoms with Crippen LogP contribution in [0, 0.1) is 5.92 Å². The summed E-state index contributed by atoms with van der Waals surface area (Å²) in [7, 11) is 0. The second-order valence-corrected chi connectivity index (χ2v) is 6.96. The maximum atomic E-state index is 6.07. The standard InChI is InChI=1S/C16H24Cl2N2/c1-12(2)19-9-13-4-3-5-20(10-13)11-14-6-15(17)8-16(18)7-14/h6-8,12-13,19H,3-5,9-11H2,1-2H3. The van der Waals surface area contributed by atoms with Gasteiger partial charge in [-0.1, -0.05) is 37.0 Å². The zero-order valence-electron chi connectivity index (χ0n) is 12.3. The minimum Gasteiger partial charge on any atom is -0.314 e. The maximum absolute atomic E-state index is 6.07. The summed E-state index contributed by atoms with van der Waals surface area (Å²) in [6.45, 7) is 8.79. The first-order valence-electron chi connectivity index (χ1n) is 7.43. The van der Waals surface area contributed by atoms with E-state index in [0.29, 0.717) is 6.04 Å². The number of benzene rings is 1. The van der Waals surface area contributed by atoms with Gasteiger partial charge in [0.15, 0.2) is 0 Å². The molecule has 1 aromatic carbocycles. The summed E-state index contributed by atoms with van der Waals surface area (Å²) in [4.78, 5) is 2.51. The number of hydrogen-bond acceptors (Lipinski definition) is 2.